The lowest BCUT2D eigenvalue weighted by molar-refractivity contribution is 0.239. The van der Waals surface area contributed by atoms with Crippen LogP contribution in [0.4, 0.5) is 8.78 Å². The largest absolute Gasteiger partial charge is 0.313 e. The molecule has 2 rings (SSSR count). The third kappa shape index (κ3) is 2.06. The van der Waals surface area contributed by atoms with Gasteiger partial charge in [-0.1, -0.05) is 18.0 Å². The van der Waals surface area contributed by atoms with Gasteiger partial charge in [-0.25, -0.2) is 8.78 Å². The lowest BCUT2D eigenvalue weighted by atomic mass is 9.77. The van der Waals surface area contributed by atoms with Crippen LogP contribution in [0.5, 0.6) is 0 Å². The van der Waals surface area contributed by atoms with E-state index in [1.54, 1.807) is 0 Å². The number of halogens is 3. The summed E-state index contributed by atoms with van der Waals surface area (Å²) in [5.74, 6) is -1.25. The first kappa shape index (κ1) is 11.8. The van der Waals surface area contributed by atoms with Crippen LogP contribution in [-0.2, 0) is 0 Å². The van der Waals surface area contributed by atoms with Gasteiger partial charge in [-0.15, -0.1) is 0 Å². The molecule has 0 heterocycles. The van der Waals surface area contributed by atoms with Crippen LogP contribution in [0.2, 0.25) is 5.02 Å². The molecule has 1 N–H and O–H groups in total. The minimum absolute atomic E-state index is 0.0244. The van der Waals surface area contributed by atoms with Crippen LogP contribution in [0.25, 0.3) is 0 Å². The summed E-state index contributed by atoms with van der Waals surface area (Å²) in [7, 11) is 1.82. The van der Waals surface area contributed by atoms with E-state index >= 15 is 0 Å². The Kier molecular flexibility index (Phi) is 3.45. The molecule has 1 atom stereocenters. The lowest BCUT2D eigenvalue weighted by Gasteiger charge is -2.34. The Bertz CT molecular complexity index is 391. The molecule has 1 aromatic rings. The number of hydrogen-bond donors (Lipinski definition) is 1. The molecule has 1 unspecified atom stereocenters. The molecule has 4 heteroatoms. The fraction of sp³-hybridized carbons (Fsp3) is 0.500. The highest BCUT2D eigenvalue weighted by Gasteiger charge is 2.29. The van der Waals surface area contributed by atoms with Gasteiger partial charge in [0.25, 0.3) is 0 Å². The first-order valence-corrected chi connectivity index (χ1v) is 5.83. The summed E-state index contributed by atoms with van der Waals surface area (Å²) < 4.78 is 26.1. The monoisotopic (exact) mass is 245 g/mol. The predicted molar refractivity (Wildman–Crippen MR) is 60.5 cm³/mol. The van der Waals surface area contributed by atoms with E-state index in [1.165, 1.54) is 12.5 Å². The first-order chi connectivity index (χ1) is 7.63. The van der Waals surface area contributed by atoms with E-state index in [-0.39, 0.29) is 6.04 Å². The second kappa shape index (κ2) is 4.68. The van der Waals surface area contributed by atoms with Crippen LogP contribution < -0.4 is 5.32 Å². The van der Waals surface area contributed by atoms with Crippen LogP contribution in [-0.4, -0.2) is 7.05 Å². The summed E-state index contributed by atoms with van der Waals surface area (Å²) in [5.41, 5.74) is 0.660. The topological polar surface area (TPSA) is 12.0 Å². The van der Waals surface area contributed by atoms with Gasteiger partial charge in [0.05, 0.1) is 0 Å². The van der Waals surface area contributed by atoms with Crippen LogP contribution in [0.1, 0.15) is 30.9 Å². The maximum atomic E-state index is 13.2. The summed E-state index contributed by atoms with van der Waals surface area (Å²) in [6.07, 6.45) is 3.42. The molecule has 0 spiro atoms. The van der Waals surface area contributed by atoms with E-state index in [0.29, 0.717) is 16.5 Å². The summed E-state index contributed by atoms with van der Waals surface area (Å²) in [4.78, 5) is 0. The maximum absolute atomic E-state index is 13.2. The highest BCUT2D eigenvalue weighted by atomic mass is 35.5. The lowest BCUT2D eigenvalue weighted by Crippen LogP contribution is -2.30. The van der Waals surface area contributed by atoms with E-state index in [4.69, 9.17) is 11.6 Å². The van der Waals surface area contributed by atoms with Crippen LogP contribution in [0.15, 0.2) is 12.1 Å². The van der Waals surface area contributed by atoms with E-state index in [0.717, 1.165) is 18.9 Å². The molecule has 0 saturated heterocycles. The van der Waals surface area contributed by atoms with Crippen molar-refractivity contribution < 1.29 is 8.78 Å². The van der Waals surface area contributed by atoms with Crippen molar-refractivity contribution >= 4 is 11.6 Å². The molecule has 1 aromatic carbocycles. The zero-order chi connectivity index (χ0) is 11.7. The van der Waals surface area contributed by atoms with Crippen molar-refractivity contribution in [2.24, 2.45) is 5.92 Å². The molecule has 1 aliphatic rings. The molecule has 1 aliphatic carbocycles. The normalized spacial score (nSPS) is 18.2. The number of benzene rings is 1. The Labute approximate surface area is 98.8 Å². The van der Waals surface area contributed by atoms with Gasteiger partial charge in [-0.05, 0) is 43.5 Å². The minimum Gasteiger partial charge on any atom is -0.313 e. The van der Waals surface area contributed by atoms with Gasteiger partial charge < -0.3 is 5.32 Å². The Morgan fingerprint density at radius 1 is 1.31 bits per heavy atom. The SMILES string of the molecule is CNC(c1cc(F)c(F)cc1Cl)C1CCC1. The Morgan fingerprint density at radius 3 is 2.44 bits per heavy atom. The summed E-state index contributed by atoms with van der Waals surface area (Å²) in [6, 6.07) is 2.28. The van der Waals surface area contributed by atoms with Gasteiger partial charge >= 0.3 is 0 Å². The Balaban J connectivity index is 2.33. The third-order valence-corrected chi connectivity index (χ3v) is 3.63. The van der Waals surface area contributed by atoms with Crippen molar-refractivity contribution in [3.05, 3.63) is 34.4 Å². The summed E-state index contributed by atoms with van der Waals surface area (Å²) in [5, 5.41) is 3.43. The molecule has 1 saturated carbocycles. The van der Waals surface area contributed by atoms with Gasteiger partial charge in [0.1, 0.15) is 0 Å². The van der Waals surface area contributed by atoms with Gasteiger partial charge in [-0.3, -0.25) is 0 Å². The molecular weight excluding hydrogens is 232 g/mol. The molecule has 0 radical (unpaired) electrons. The van der Waals surface area contributed by atoms with Crippen molar-refractivity contribution in [3.8, 4) is 0 Å². The van der Waals surface area contributed by atoms with Crippen molar-refractivity contribution in [1.82, 2.24) is 5.32 Å². The van der Waals surface area contributed by atoms with Crippen molar-refractivity contribution in [1.29, 1.82) is 0 Å². The first-order valence-electron chi connectivity index (χ1n) is 5.45. The van der Waals surface area contributed by atoms with Gasteiger partial charge in [0.2, 0.25) is 0 Å². The molecule has 1 nitrogen and oxygen atoms in total. The summed E-state index contributed by atoms with van der Waals surface area (Å²) >= 11 is 5.95. The van der Waals surface area contributed by atoms with E-state index < -0.39 is 11.6 Å². The van der Waals surface area contributed by atoms with Gasteiger partial charge in [0, 0.05) is 11.1 Å². The smallest absolute Gasteiger partial charge is 0.160 e. The van der Waals surface area contributed by atoms with E-state index in [9.17, 15) is 8.78 Å². The van der Waals surface area contributed by atoms with Crippen molar-refractivity contribution in [2.75, 3.05) is 7.05 Å². The molecule has 0 amide bonds. The molecule has 1 fully saturated rings. The van der Waals surface area contributed by atoms with E-state index in [2.05, 4.69) is 5.32 Å². The Morgan fingerprint density at radius 2 is 1.94 bits per heavy atom. The minimum atomic E-state index is -0.891. The van der Waals surface area contributed by atoms with Crippen LogP contribution in [0, 0.1) is 17.6 Å². The quantitative estimate of drug-likeness (QED) is 0.801. The second-order valence-electron chi connectivity index (χ2n) is 4.25. The standard InChI is InChI=1S/C12H14ClF2N/c1-16-12(7-3-2-4-7)8-5-10(14)11(15)6-9(8)13/h5-7,12,16H,2-4H2,1H3. The van der Waals surface area contributed by atoms with Crippen molar-refractivity contribution in [2.45, 2.75) is 25.3 Å². The number of hydrogen-bond acceptors (Lipinski definition) is 1. The highest BCUT2D eigenvalue weighted by molar-refractivity contribution is 6.31. The zero-order valence-corrected chi connectivity index (χ0v) is 9.82. The van der Waals surface area contributed by atoms with E-state index in [1.807, 2.05) is 7.05 Å². The molecule has 88 valence electrons. The van der Waals surface area contributed by atoms with Gasteiger partial charge in [-0.2, -0.15) is 0 Å². The molecule has 0 aliphatic heterocycles. The van der Waals surface area contributed by atoms with Gasteiger partial charge in [0.15, 0.2) is 11.6 Å². The Hall–Kier alpha value is -0.670. The van der Waals surface area contributed by atoms with Crippen molar-refractivity contribution in [3.63, 3.8) is 0 Å². The average molecular weight is 246 g/mol. The predicted octanol–water partition coefficient (Wildman–Crippen LogP) is 3.68. The average Bonchev–Trinajstić information content (AvgIpc) is 2.17. The maximum Gasteiger partial charge on any atom is 0.160 e. The molecular formula is C12H14ClF2N. The third-order valence-electron chi connectivity index (χ3n) is 3.31. The fourth-order valence-electron chi connectivity index (χ4n) is 2.19. The highest BCUT2D eigenvalue weighted by Crippen LogP contribution is 2.40. The summed E-state index contributed by atoms with van der Waals surface area (Å²) in [6.45, 7) is 0. The zero-order valence-electron chi connectivity index (χ0n) is 9.06. The fourth-order valence-corrected chi connectivity index (χ4v) is 2.46. The molecule has 0 aromatic heterocycles. The second-order valence-corrected chi connectivity index (χ2v) is 4.65. The van der Waals surface area contributed by atoms with Crippen LogP contribution in [0.3, 0.4) is 0 Å². The molecule has 16 heavy (non-hydrogen) atoms. The van der Waals surface area contributed by atoms with Crippen LogP contribution >= 0.6 is 11.6 Å². The number of rotatable bonds is 3. The number of nitrogens with one attached hydrogen (secondary N) is 1. The molecule has 0 bridgehead atoms.